The molecule has 0 aliphatic rings. The quantitative estimate of drug-likeness (QED) is 0.729. The highest BCUT2D eigenvalue weighted by molar-refractivity contribution is 6.00. The standard InChI is InChI=1S/C10H9F3O2/c1-5-3-8(15-2)6(4-7(5)11)9(14)10(12)13/h3-4,10H,1-2H3. The monoisotopic (exact) mass is 218 g/mol. The van der Waals surface area contributed by atoms with Gasteiger partial charge in [0.2, 0.25) is 5.78 Å². The van der Waals surface area contributed by atoms with Crippen molar-refractivity contribution in [3.05, 3.63) is 29.1 Å². The van der Waals surface area contributed by atoms with Gasteiger partial charge in [0, 0.05) is 0 Å². The molecule has 0 fully saturated rings. The number of methoxy groups -OCH3 is 1. The van der Waals surface area contributed by atoms with Gasteiger partial charge in [-0.3, -0.25) is 4.79 Å². The molecule has 0 aliphatic heterocycles. The molecule has 0 N–H and O–H groups in total. The van der Waals surface area contributed by atoms with E-state index in [9.17, 15) is 18.0 Å². The zero-order valence-electron chi connectivity index (χ0n) is 8.18. The van der Waals surface area contributed by atoms with Crippen molar-refractivity contribution >= 4 is 5.78 Å². The number of halogens is 3. The molecule has 1 aromatic carbocycles. The summed E-state index contributed by atoms with van der Waals surface area (Å²) in [6, 6.07) is 1.98. The summed E-state index contributed by atoms with van der Waals surface area (Å²) >= 11 is 0. The van der Waals surface area contributed by atoms with Gasteiger partial charge in [-0.05, 0) is 24.6 Å². The Morgan fingerprint density at radius 1 is 1.40 bits per heavy atom. The van der Waals surface area contributed by atoms with E-state index >= 15 is 0 Å². The number of alkyl halides is 2. The first kappa shape index (κ1) is 11.6. The summed E-state index contributed by atoms with van der Waals surface area (Å²) in [5.41, 5.74) is -0.201. The summed E-state index contributed by atoms with van der Waals surface area (Å²) in [4.78, 5) is 11.0. The van der Waals surface area contributed by atoms with Crippen LogP contribution in [0, 0.1) is 12.7 Å². The maximum atomic E-state index is 13.1. The fourth-order valence-electron chi connectivity index (χ4n) is 1.13. The van der Waals surface area contributed by atoms with Crippen LogP contribution in [0.4, 0.5) is 13.2 Å². The predicted octanol–water partition coefficient (Wildman–Crippen LogP) is 2.59. The average Bonchev–Trinajstić information content (AvgIpc) is 2.20. The van der Waals surface area contributed by atoms with Crippen molar-refractivity contribution in [3.8, 4) is 5.75 Å². The number of hydrogen-bond acceptors (Lipinski definition) is 2. The lowest BCUT2D eigenvalue weighted by Crippen LogP contribution is -2.12. The molecule has 0 amide bonds. The van der Waals surface area contributed by atoms with E-state index in [0.717, 1.165) is 6.07 Å². The fourth-order valence-corrected chi connectivity index (χ4v) is 1.13. The minimum atomic E-state index is -3.17. The van der Waals surface area contributed by atoms with E-state index in [1.807, 2.05) is 0 Å². The molecule has 2 nitrogen and oxygen atoms in total. The molecule has 0 radical (unpaired) electrons. The van der Waals surface area contributed by atoms with Crippen LogP contribution in [0.25, 0.3) is 0 Å². The zero-order valence-corrected chi connectivity index (χ0v) is 8.18. The molecule has 0 aromatic heterocycles. The molecule has 82 valence electrons. The second-order valence-electron chi connectivity index (χ2n) is 2.97. The third-order valence-corrected chi connectivity index (χ3v) is 1.94. The maximum Gasteiger partial charge on any atom is 0.300 e. The van der Waals surface area contributed by atoms with Gasteiger partial charge in [-0.15, -0.1) is 0 Å². The van der Waals surface area contributed by atoms with E-state index in [4.69, 9.17) is 4.74 Å². The summed E-state index contributed by atoms with van der Waals surface area (Å²) in [5, 5.41) is 0. The Bertz CT molecular complexity index is 388. The lowest BCUT2D eigenvalue weighted by Gasteiger charge is -2.08. The van der Waals surface area contributed by atoms with Gasteiger partial charge in [0.15, 0.2) is 0 Å². The van der Waals surface area contributed by atoms with Crippen molar-refractivity contribution < 1.29 is 22.7 Å². The van der Waals surface area contributed by atoms with Crippen LogP contribution in [0.3, 0.4) is 0 Å². The molecular weight excluding hydrogens is 209 g/mol. The number of carbonyl (C=O) groups is 1. The topological polar surface area (TPSA) is 26.3 Å². The van der Waals surface area contributed by atoms with Crippen LogP contribution in [-0.2, 0) is 0 Å². The van der Waals surface area contributed by atoms with Crippen molar-refractivity contribution in [1.82, 2.24) is 0 Å². The Balaban J connectivity index is 3.27. The van der Waals surface area contributed by atoms with Gasteiger partial charge < -0.3 is 4.74 Å². The largest absolute Gasteiger partial charge is 0.496 e. The molecule has 5 heteroatoms. The summed E-state index contributed by atoms with van der Waals surface area (Å²) in [6.45, 7) is 1.45. The Morgan fingerprint density at radius 2 is 2.00 bits per heavy atom. The van der Waals surface area contributed by atoms with Gasteiger partial charge in [0.05, 0.1) is 12.7 Å². The number of aryl methyl sites for hydroxylation is 1. The van der Waals surface area contributed by atoms with Gasteiger partial charge in [-0.2, -0.15) is 0 Å². The molecule has 0 atom stereocenters. The second kappa shape index (κ2) is 4.33. The average molecular weight is 218 g/mol. The first-order valence-electron chi connectivity index (χ1n) is 4.14. The SMILES string of the molecule is COc1cc(C)c(F)cc1C(=O)C(F)F. The molecule has 1 aromatic rings. The van der Waals surface area contributed by atoms with Crippen LogP contribution in [0.2, 0.25) is 0 Å². The third-order valence-electron chi connectivity index (χ3n) is 1.94. The minimum Gasteiger partial charge on any atom is -0.496 e. The second-order valence-corrected chi connectivity index (χ2v) is 2.97. The first-order valence-corrected chi connectivity index (χ1v) is 4.14. The molecule has 0 saturated heterocycles. The molecule has 1 rings (SSSR count). The molecule has 0 unspecified atom stereocenters. The fraction of sp³-hybridized carbons (Fsp3) is 0.300. The Hall–Kier alpha value is -1.52. The van der Waals surface area contributed by atoms with Crippen LogP contribution >= 0.6 is 0 Å². The molecular formula is C10H9F3O2. The van der Waals surface area contributed by atoms with Gasteiger partial charge in [0.25, 0.3) is 0 Å². The molecule has 0 aliphatic carbocycles. The molecule has 0 saturated carbocycles. The van der Waals surface area contributed by atoms with Gasteiger partial charge >= 0.3 is 6.43 Å². The van der Waals surface area contributed by atoms with Crippen LogP contribution in [0.15, 0.2) is 12.1 Å². The number of carbonyl (C=O) groups excluding carboxylic acids is 1. The molecule has 15 heavy (non-hydrogen) atoms. The van der Waals surface area contributed by atoms with Crippen molar-refractivity contribution in [2.75, 3.05) is 7.11 Å². The minimum absolute atomic E-state index is 0.0424. The Labute approximate surface area is 84.7 Å². The first-order chi connectivity index (χ1) is 6.97. The number of ether oxygens (including phenoxy) is 1. The summed E-state index contributed by atoms with van der Waals surface area (Å²) in [5.74, 6) is -2.19. The number of hydrogen-bond donors (Lipinski definition) is 0. The number of benzene rings is 1. The number of rotatable bonds is 3. The Kier molecular flexibility index (Phi) is 3.34. The normalized spacial score (nSPS) is 10.5. The van der Waals surface area contributed by atoms with Crippen LogP contribution in [0.1, 0.15) is 15.9 Å². The maximum absolute atomic E-state index is 13.1. The van der Waals surface area contributed by atoms with E-state index in [0.29, 0.717) is 0 Å². The van der Waals surface area contributed by atoms with E-state index in [1.165, 1.54) is 20.1 Å². The summed E-state index contributed by atoms with van der Waals surface area (Å²) in [7, 11) is 1.23. The highest BCUT2D eigenvalue weighted by Crippen LogP contribution is 2.24. The van der Waals surface area contributed by atoms with Crippen LogP contribution < -0.4 is 4.74 Å². The van der Waals surface area contributed by atoms with E-state index in [1.54, 1.807) is 0 Å². The Morgan fingerprint density at radius 3 is 2.47 bits per heavy atom. The van der Waals surface area contributed by atoms with Gasteiger partial charge in [-0.25, -0.2) is 13.2 Å². The van der Waals surface area contributed by atoms with Crippen LogP contribution in [0.5, 0.6) is 5.75 Å². The number of ketones is 1. The van der Waals surface area contributed by atoms with Crippen molar-refractivity contribution in [2.45, 2.75) is 13.3 Å². The highest BCUT2D eigenvalue weighted by Gasteiger charge is 2.23. The van der Waals surface area contributed by atoms with Crippen molar-refractivity contribution in [3.63, 3.8) is 0 Å². The molecule has 0 spiro atoms. The predicted molar refractivity (Wildman–Crippen MR) is 48.0 cm³/mol. The summed E-state index contributed by atoms with van der Waals surface area (Å²) in [6.07, 6.45) is -3.17. The van der Waals surface area contributed by atoms with Gasteiger partial charge in [0.1, 0.15) is 11.6 Å². The zero-order chi connectivity index (χ0) is 11.6. The van der Waals surface area contributed by atoms with Crippen molar-refractivity contribution in [1.29, 1.82) is 0 Å². The van der Waals surface area contributed by atoms with Crippen molar-refractivity contribution in [2.24, 2.45) is 0 Å². The van der Waals surface area contributed by atoms with Crippen LogP contribution in [-0.4, -0.2) is 19.3 Å². The highest BCUT2D eigenvalue weighted by atomic mass is 19.3. The van der Waals surface area contributed by atoms with Gasteiger partial charge in [-0.1, -0.05) is 0 Å². The lowest BCUT2D eigenvalue weighted by molar-refractivity contribution is 0.0675. The van der Waals surface area contributed by atoms with E-state index < -0.39 is 23.6 Å². The molecule has 0 bridgehead atoms. The lowest BCUT2D eigenvalue weighted by atomic mass is 10.1. The van der Waals surface area contributed by atoms with E-state index in [-0.39, 0.29) is 11.3 Å². The van der Waals surface area contributed by atoms with E-state index in [2.05, 4.69) is 0 Å². The summed E-state index contributed by atoms with van der Waals surface area (Å²) < 4.78 is 42.1. The number of Topliss-reactive ketones (excluding diaryl/α,β-unsaturated/α-hetero) is 1. The third kappa shape index (κ3) is 2.29. The smallest absolute Gasteiger partial charge is 0.300 e. The molecule has 0 heterocycles.